The number of anilines is 1. The Balaban J connectivity index is 2.61. The topological polar surface area (TPSA) is 43.8 Å². The van der Waals surface area contributed by atoms with E-state index in [0.717, 1.165) is 12.1 Å². The lowest BCUT2D eigenvalue weighted by Crippen LogP contribution is -2.05. The number of hydrogen-bond acceptors (Lipinski definition) is 2. The van der Waals surface area contributed by atoms with E-state index >= 15 is 0 Å². The van der Waals surface area contributed by atoms with Gasteiger partial charge < -0.3 is 5.73 Å². The molecule has 18 heavy (non-hydrogen) atoms. The molecule has 3 nitrogen and oxygen atoms in total. The molecule has 1 aromatic heterocycles. The number of rotatable bonds is 2. The molecule has 96 valence electrons. The van der Waals surface area contributed by atoms with Gasteiger partial charge in [-0.3, -0.25) is 0 Å². The van der Waals surface area contributed by atoms with Gasteiger partial charge in [0, 0.05) is 6.07 Å². The zero-order valence-electron chi connectivity index (χ0n) is 9.92. The smallest absolute Gasteiger partial charge is 0.151 e. The first-order valence-electron chi connectivity index (χ1n) is 5.41. The molecule has 0 unspecified atom stereocenters. The molecule has 1 aromatic carbocycles. The zero-order chi connectivity index (χ0) is 13.4. The van der Waals surface area contributed by atoms with Gasteiger partial charge in [-0.1, -0.05) is 25.4 Å². The van der Waals surface area contributed by atoms with Gasteiger partial charge >= 0.3 is 0 Å². The molecule has 0 radical (unpaired) electrons. The van der Waals surface area contributed by atoms with Crippen molar-refractivity contribution in [1.82, 2.24) is 9.78 Å². The van der Waals surface area contributed by atoms with E-state index < -0.39 is 11.6 Å². The van der Waals surface area contributed by atoms with Crippen molar-refractivity contribution < 1.29 is 8.78 Å². The third-order valence-electron chi connectivity index (χ3n) is 2.57. The fourth-order valence-corrected chi connectivity index (χ4v) is 1.97. The number of nitrogens with two attached hydrogens (primary N) is 1. The Hall–Kier alpha value is -1.62. The van der Waals surface area contributed by atoms with Crippen LogP contribution in [0.25, 0.3) is 5.69 Å². The molecule has 0 atom stereocenters. The maximum absolute atomic E-state index is 13.7. The van der Waals surface area contributed by atoms with Gasteiger partial charge in [0.25, 0.3) is 0 Å². The average Bonchev–Trinajstić information content (AvgIpc) is 2.57. The number of nitrogens with zero attached hydrogens (tertiary/aromatic N) is 2. The van der Waals surface area contributed by atoms with Crippen molar-refractivity contribution >= 4 is 17.4 Å². The van der Waals surface area contributed by atoms with Crippen LogP contribution in [-0.4, -0.2) is 9.78 Å². The summed E-state index contributed by atoms with van der Waals surface area (Å²) in [5, 5.41) is 4.47. The first-order valence-corrected chi connectivity index (χ1v) is 5.79. The van der Waals surface area contributed by atoms with Crippen molar-refractivity contribution in [2.24, 2.45) is 0 Å². The van der Waals surface area contributed by atoms with Gasteiger partial charge in [-0.15, -0.1) is 0 Å². The highest BCUT2D eigenvalue weighted by molar-refractivity contribution is 6.33. The second-order valence-electron chi connectivity index (χ2n) is 4.25. The number of halogens is 3. The monoisotopic (exact) mass is 271 g/mol. The molecular weight excluding hydrogens is 260 g/mol. The zero-order valence-corrected chi connectivity index (χ0v) is 10.7. The molecule has 0 aliphatic heterocycles. The van der Waals surface area contributed by atoms with Crippen molar-refractivity contribution in [2.45, 2.75) is 19.8 Å². The summed E-state index contributed by atoms with van der Waals surface area (Å²) < 4.78 is 27.7. The number of benzene rings is 1. The maximum atomic E-state index is 13.7. The van der Waals surface area contributed by atoms with Gasteiger partial charge in [-0.25, -0.2) is 13.5 Å². The highest BCUT2D eigenvalue weighted by Gasteiger charge is 2.19. The summed E-state index contributed by atoms with van der Waals surface area (Å²) in [6, 6.07) is 3.19. The van der Waals surface area contributed by atoms with Crippen molar-refractivity contribution in [3.8, 4) is 5.69 Å². The van der Waals surface area contributed by atoms with Crippen molar-refractivity contribution in [3.05, 3.63) is 40.6 Å². The SMILES string of the molecule is CC(C)c1nn(-c2ccc(F)cc2F)c(N)c1Cl. The molecule has 0 aliphatic carbocycles. The van der Waals surface area contributed by atoms with Gasteiger partial charge in [0.05, 0.1) is 5.69 Å². The molecule has 0 spiro atoms. The largest absolute Gasteiger partial charge is 0.382 e. The van der Waals surface area contributed by atoms with Crippen LogP contribution in [0.2, 0.25) is 5.02 Å². The van der Waals surface area contributed by atoms with Crippen molar-refractivity contribution in [3.63, 3.8) is 0 Å². The molecule has 6 heteroatoms. The Kier molecular flexibility index (Phi) is 3.26. The minimum atomic E-state index is -0.740. The standard InChI is InChI=1S/C12H12ClF2N3/c1-6(2)11-10(13)12(16)18(17-11)9-4-3-7(14)5-8(9)15/h3-6H,16H2,1-2H3. The predicted octanol–water partition coefficient (Wildman–Crippen LogP) is 3.51. The fraction of sp³-hybridized carbons (Fsp3) is 0.250. The lowest BCUT2D eigenvalue weighted by atomic mass is 10.1. The highest BCUT2D eigenvalue weighted by Crippen LogP contribution is 2.31. The normalized spacial score (nSPS) is 11.2. The van der Waals surface area contributed by atoms with Crippen molar-refractivity contribution in [2.75, 3.05) is 5.73 Å². The summed E-state index contributed by atoms with van der Waals surface area (Å²) in [7, 11) is 0. The van der Waals surface area contributed by atoms with Crippen LogP contribution in [0.15, 0.2) is 18.2 Å². The summed E-state index contributed by atoms with van der Waals surface area (Å²) in [5.74, 6) is -1.19. The Morgan fingerprint density at radius 2 is 2.00 bits per heavy atom. The summed E-state index contributed by atoms with van der Waals surface area (Å²) in [6.45, 7) is 3.80. The van der Waals surface area contributed by atoms with E-state index in [4.69, 9.17) is 17.3 Å². The Morgan fingerprint density at radius 3 is 2.50 bits per heavy atom. The van der Waals surface area contributed by atoms with E-state index in [0.29, 0.717) is 10.7 Å². The lowest BCUT2D eigenvalue weighted by Gasteiger charge is -2.05. The Bertz CT molecular complexity index is 593. The summed E-state index contributed by atoms with van der Waals surface area (Å²) >= 11 is 6.04. The Morgan fingerprint density at radius 1 is 1.33 bits per heavy atom. The molecule has 2 aromatic rings. The van der Waals surface area contributed by atoms with Crippen LogP contribution in [0.4, 0.5) is 14.6 Å². The number of aromatic nitrogens is 2. The van der Waals surface area contributed by atoms with Crippen LogP contribution in [0.1, 0.15) is 25.5 Å². The van der Waals surface area contributed by atoms with E-state index in [9.17, 15) is 8.78 Å². The second-order valence-corrected chi connectivity index (χ2v) is 4.62. The summed E-state index contributed by atoms with van der Waals surface area (Å²) in [4.78, 5) is 0. The van der Waals surface area contributed by atoms with Crippen LogP contribution in [0.5, 0.6) is 0 Å². The third-order valence-corrected chi connectivity index (χ3v) is 2.96. The molecule has 2 N–H and O–H groups in total. The van der Waals surface area contributed by atoms with E-state index in [1.165, 1.54) is 10.7 Å². The van der Waals surface area contributed by atoms with Crippen LogP contribution in [0.3, 0.4) is 0 Å². The molecule has 0 saturated carbocycles. The second kappa shape index (κ2) is 4.57. The molecule has 0 aliphatic rings. The van der Waals surface area contributed by atoms with Crippen LogP contribution < -0.4 is 5.73 Å². The van der Waals surface area contributed by atoms with E-state index in [1.807, 2.05) is 13.8 Å². The highest BCUT2D eigenvalue weighted by atomic mass is 35.5. The molecule has 2 rings (SSSR count). The van der Waals surface area contributed by atoms with Crippen LogP contribution >= 0.6 is 11.6 Å². The van der Waals surface area contributed by atoms with Crippen LogP contribution in [0, 0.1) is 11.6 Å². The quantitative estimate of drug-likeness (QED) is 0.908. The molecule has 0 fully saturated rings. The lowest BCUT2D eigenvalue weighted by molar-refractivity contribution is 0.573. The minimum absolute atomic E-state index is 0.0598. The number of nitrogen functional groups attached to an aromatic ring is 1. The van der Waals surface area contributed by atoms with Crippen molar-refractivity contribution in [1.29, 1.82) is 0 Å². The van der Waals surface area contributed by atoms with E-state index in [2.05, 4.69) is 5.10 Å². The molecule has 1 heterocycles. The van der Waals surface area contributed by atoms with Crippen LogP contribution in [-0.2, 0) is 0 Å². The first-order chi connectivity index (χ1) is 8.41. The summed E-state index contributed by atoms with van der Waals surface area (Å²) in [5.41, 5.74) is 6.44. The third kappa shape index (κ3) is 2.06. The molecule has 0 bridgehead atoms. The van der Waals surface area contributed by atoms with E-state index in [-0.39, 0.29) is 17.4 Å². The van der Waals surface area contributed by atoms with Gasteiger partial charge in [-0.2, -0.15) is 5.10 Å². The molecule has 0 saturated heterocycles. The van der Waals surface area contributed by atoms with Gasteiger partial charge in [0.2, 0.25) is 0 Å². The van der Waals surface area contributed by atoms with E-state index in [1.54, 1.807) is 0 Å². The van der Waals surface area contributed by atoms with Gasteiger partial charge in [0.1, 0.15) is 22.3 Å². The predicted molar refractivity (Wildman–Crippen MR) is 67.0 cm³/mol. The average molecular weight is 272 g/mol. The molecule has 0 amide bonds. The fourth-order valence-electron chi connectivity index (χ4n) is 1.64. The van der Waals surface area contributed by atoms with Gasteiger partial charge in [-0.05, 0) is 18.1 Å². The van der Waals surface area contributed by atoms with Gasteiger partial charge in [0.15, 0.2) is 5.82 Å². The number of hydrogen-bond donors (Lipinski definition) is 1. The Labute approximate surface area is 108 Å². The minimum Gasteiger partial charge on any atom is -0.382 e. The molecular formula is C12H12ClF2N3. The maximum Gasteiger partial charge on any atom is 0.151 e. The first kappa shape index (κ1) is 12.8. The summed E-state index contributed by atoms with van der Waals surface area (Å²) in [6.07, 6.45) is 0.